The zero-order valence-corrected chi connectivity index (χ0v) is 16.3. The van der Waals surface area contributed by atoms with Crippen molar-refractivity contribution >= 4 is 0 Å². The lowest BCUT2D eigenvalue weighted by molar-refractivity contribution is -0.431. The van der Waals surface area contributed by atoms with Crippen LogP contribution < -0.4 is 0 Å². The Kier molecular flexibility index (Phi) is 4.62. The zero-order valence-electron chi connectivity index (χ0n) is 16.3. The van der Waals surface area contributed by atoms with Crippen LogP contribution in [0.5, 0.6) is 0 Å². The minimum Gasteiger partial charge on any atom is -0.352 e. The summed E-state index contributed by atoms with van der Waals surface area (Å²) in [6.07, 6.45) is -5.92. The van der Waals surface area contributed by atoms with Crippen LogP contribution in [-0.4, -0.2) is 36.5 Å². The van der Waals surface area contributed by atoms with Gasteiger partial charge in [0.15, 0.2) is 5.67 Å². The van der Waals surface area contributed by atoms with Crippen molar-refractivity contribution in [2.24, 2.45) is 35.5 Å². The van der Waals surface area contributed by atoms with Gasteiger partial charge >= 0.3 is 12.4 Å². The molecule has 0 aliphatic heterocycles. The fourth-order valence-corrected chi connectivity index (χ4v) is 7.47. The quantitative estimate of drug-likeness (QED) is 0.297. The number of ether oxygens (including phenoxy) is 2. The fourth-order valence-electron chi connectivity index (χ4n) is 7.47. The Morgan fingerprint density at radius 3 is 1.80 bits per heavy atom. The molecule has 5 fully saturated rings. The van der Waals surface area contributed by atoms with Crippen LogP contribution in [0, 0.1) is 35.5 Å². The lowest BCUT2D eigenvalue weighted by atomic mass is 9.55. The molecule has 0 saturated heterocycles. The number of allylic oxidation sites excluding steroid dienone is 2. The SMILES string of the molecule is FC(F)(F)C(OCOC1C2CC3CC(C2)CC1C3)(C(F)(F)F)C1(F)CC2C=CC1C2. The van der Waals surface area contributed by atoms with E-state index in [2.05, 4.69) is 4.74 Å². The molecule has 0 aromatic rings. The fraction of sp³-hybridized carbons (Fsp3) is 0.905. The Balaban J connectivity index is 1.39. The molecular formula is C21H25F7O2. The second-order valence-electron chi connectivity index (χ2n) is 10.1. The third-order valence-electron chi connectivity index (χ3n) is 8.38. The van der Waals surface area contributed by atoms with Crippen molar-refractivity contribution < 1.29 is 40.2 Å². The molecule has 2 nitrogen and oxygen atoms in total. The van der Waals surface area contributed by atoms with Crippen molar-refractivity contribution in [3.63, 3.8) is 0 Å². The van der Waals surface area contributed by atoms with E-state index in [0.717, 1.165) is 38.2 Å². The van der Waals surface area contributed by atoms with Crippen LogP contribution in [0.2, 0.25) is 0 Å². The molecule has 170 valence electrons. The number of alkyl halides is 7. The lowest BCUT2D eigenvalue weighted by Gasteiger charge is -2.54. The smallest absolute Gasteiger partial charge is 0.352 e. The summed E-state index contributed by atoms with van der Waals surface area (Å²) in [6, 6.07) is 0. The van der Waals surface area contributed by atoms with Gasteiger partial charge in [0.1, 0.15) is 6.79 Å². The summed E-state index contributed by atoms with van der Waals surface area (Å²) < 4.78 is 110. The summed E-state index contributed by atoms with van der Waals surface area (Å²) in [5.74, 6) is -0.688. The van der Waals surface area contributed by atoms with Crippen molar-refractivity contribution in [1.82, 2.24) is 0 Å². The van der Waals surface area contributed by atoms with E-state index in [4.69, 9.17) is 4.74 Å². The molecule has 3 unspecified atom stereocenters. The average molecular weight is 442 g/mol. The molecular weight excluding hydrogens is 417 g/mol. The van der Waals surface area contributed by atoms with Crippen LogP contribution in [0.25, 0.3) is 0 Å². The van der Waals surface area contributed by atoms with Crippen LogP contribution in [0.3, 0.4) is 0 Å². The molecule has 9 heteroatoms. The maximum absolute atomic E-state index is 15.7. The van der Waals surface area contributed by atoms with Gasteiger partial charge < -0.3 is 9.47 Å². The van der Waals surface area contributed by atoms with Gasteiger partial charge in [-0.1, -0.05) is 12.2 Å². The van der Waals surface area contributed by atoms with Gasteiger partial charge in [0.05, 0.1) is 6.10 Å². The normalized spacial score (nSPS) is 45.0. The van der Waals surface area contributed by atoms with Crippen molar-refractivity contribution in [3.8, 4) is 0 Å². The van der Waals surface area contributed by atoms with E-state index in [-0.39, 0.29) is 18.3 Å². The standard InChI is InChI=1S/C21H25F7O2/c22-18(9-11-1-2-16(18)8-11)19(20(23,24)25,21(26,27)28)30-10-29-17-14-4-12-3-13(6-14)7-15(17)5-12/h1-2,11-17H,3-10H2. The van der Waals surface area contributed by atoms with Crippen molar-refractivity contribution in [2.45, 2.75) is 74.7 Å². The second-order valence-corrected chi connectivity index (χ2v) is 10.1. The molecule has 0 radical (unpaired) electrons. The highest BCUT2D eigenvalue weighted by molar-refractivity contribution is 5.26. The van der Waals surface area contributed by atoms with Crippen LogP contribution in [0.1, 0.15) is 44.9 Å². The van der Waals surface area contributed by atoms with Gasteiger partial charge in [-0.2, -0.15) is 26.3 Å². The Bertz CT molecular complexity index is 673. The Hall–Kier alpha value is -0.830. The highest BCUT2D eigenvalue weighted by Crippen LogP contribution is 2.64. The first-order valence-corrected chi connectivity index (χ1v) is 10.7. The highest BCUT2D eigenvalue weighted by Gasteiger charge is 2.85. The van der Waals surface area contributed by atoms with E-state index in [1.807, 2.05) is 0 Å². The van der Waals surface area contributed by atoms with Crippen molar-refractivity contribution in [2.75, 3.05) is 6.79 Å². The number of hydrogen-bond donors (Lipinski definition) is 0. The molecule has 6 rings (SSSR count). The Labute approximate surface area is 170 Å². The summed E-state index contributed by atoms with van der Waals surface area (Å²) in [6.45, 7) is -1.21. The largest absolute Gasteiger partial charge is 0.429 e. The highest BCUT2D eigenvalue weighted by atomic mass is 19.4. The van der Waals surface area contributed by atoms with E-state index >= 15 is 4.39 Å². The monoisotopic (exact) mass is 442 g/mol. The van der Waals surface area contributed by atoms with Gasteiger partial charge in [-0.05, 0) is 74.5 Å². The number of fused-ring (bicyclic) bond motifs is 2. The molecule has 3 atom stereocenters. The molecule has 0 N–H and O–H groups in total. The maximum atomic E-state index is 15.7. The predicted octanol–water partition coefficient (Wildman–Crippen LogP) is 5.97. The molecule has 5 saturated carbocycles. The number of hydrogen-bond acceptors (Lipinski definition) is 2. The van der Waals surface area contributed by atoms with Crippen LogP contribution in [0.4, 0.5) is 30.7 Å². The van der Waals surface area contributed by atoms with Crippen molar-refractivity contribution in [3.05, 3.63) is 12.2 Å². The topological polar surface area (TPSA) is 18.5 Å². The van der Waals surface area contributed by atoms with Gasteiger partial charge in [0.2, 0.25) is 0 Å². The Morgan fingerprint density at radius 2 is 1.37 bits per heavy atom. The van der Waals surface area contributed by atoms with E-state index in [0.29, 0.717) is 11.8 Å². The summed E-state index contributed by atoms with van der Waals surface area (Å²) >= 11 is 0. The number of rotatable bonds is 5. The molecule has 0 aromatic heterocycles. The average Bonchev–Trinajstić information content (AvgIpc) is 3.18. The Morgan fingerprint density at radius 1 is 0.800 bits per heavy atom. The van der Waals surface area contributed by atoms with Crippen LogP contribution in [0.15, 0.2) is 12.2 Å². The first-order valence-electron chi connectivity index (χ1n) is 10.7. The van der Waals surface area contributed by atoms with Crippen LogP contribution in [-0.2, 0) is 9.47 Å². The first-order chi connectivity index (χ1) is 13.9. The second kappa shape index (κ2) is 6.59. The van der Waals surface area contributed by atoms with E-state index in [9.17, 15) is 26.3 Å². The summed E-state index contributed by atoms with van der Waals surface area (Å²) in [7, 11) is 0. The summed E-state index contributed by atoms with van der Waals surface area (Å²) in [5.41, 5.74) is -8.50. The van der Waals surface area contributed by atoms with E-state index in [1.165, 1.54) is 6.08 Å². The van der Waals surface area contributed by atoms with Gasteiger partial charge in [-0.3, -0.25) is 0 Å². The summed E-state index contributed by atoms with van der Waals surface area (Å²) in [4.78, 5) is 0. The van der Waals surface area contributed by atoms with Crippen LogP contribution >= 0.6 is 0 Å². The molecule has 0 amide bonds. The minimum atomic E-state index is -5.97. The summed E-state index contributed by atoms with van der Waals surface area (Å²) in [5, 5.41) is 0. The molecule has 6 bridgehead atoms. The lowest BCUT2D eigenvalue weighted by Crippen LogP contribution is -2.72. The zero-order chi connectivity index (χ0) is 21.5. The van der Waals surface area contributed by atoms with Gasteiger partial charge in [-0.25, -0.2) is 4.39 Å². The molecule has 0 aromatic carbocycles. The predicted molar refractivity (Wildman–Crippen MR) is 91.9 cm³/mol. The third kappa shape index (κ3) is 2.82. The number of halogens is 7. The van der Waals surface area contributed by atoms with E-state index < -0.39 is 54.8 Å². The molecule has 6 aliphatic carbocycles. The molecule has 0 heterocycles. The molecule has 30 heavy (non-hydrogen) atoms. The first kappa shape index (κ1) is 21.0. The van der Waals surface area contributed by atoms with Gasteiger partial charge in [-0.15, -0.1) is 0 Å². The maximum Gasteiger partial charge on any atom is 0.429 e. The van der Waals surface area contributed by atoms with E-state index in [1.54, 1.807) is 0 Å². The molecule has 0 spiro atoms. The minimum absolute atomic E-state index is 0.0653. The van der Waals surface area contributed by atoms with Gasteiger partial charge in [0.25, 0.3) is 5.60 Å². The van der Waals surface area contributed by atoms with Crippen molar-refractivity contribution in [1.29, 1.82) is 0 Å². The third-order valence-corrected chi connectivity index (χ3v) is 8.38. The van der Waals surface area contributed by atoms with Gasteiger partial charge in [0, 0.05) is 5.92 Å². The molecule has 6 aliphatic rings.